The zero-order valence-electron chi connectivity index (χ0n) is 16.0. The molecule has 1 fully saturated rings. The van der Waals surface area contributed by atoms with Crippen molar-refractivity contribution >= 4 is 16.8 Å². The molecule has 27 heavy (non-hydrogen) atoms. The van der Waals surface area contributed by atoms with Crippen LogP contribution in [0.3, 0.4) is 0 Å². The van der Waals surface area contributed by atoms with E-state index >= 15 is 0 Å². The number of carbonyl (C=O) groups is 1. The molecule has 0 aliphatic carbocycles. The lowest BCUT2D eigenvalue weighted by molar-refractivity contribution is -0.0163. The molecule has 4 nitrogen and oxygen atoms in total. The third-order valence-corrected chi connectivity index (χ3v) is 5.61. The molecule has 0 bridgehead atoms. The van der Waals surface area contributed by atoms with Crippen LogP contribution in [0.25, 0.3) is 10.9 Å². The van der Waals surface area contributed by atoms with Crippen LogP contribution in [0.4, 0.5) is 0 Å². The van der Waals surface area contributed by atoms with Gasteiger partial charge in [0.25, 0.3) is 5.91 Å². The van der Waals surface area contributed by atoms with E-state index in [1.165, 1.54) is 11.1 Å². The first-order valence-corrected chi connectivity index (χ1v) is 9.58. The molecule has 0 saturated carbocycles. The maximum Gasteiger partial charge on any atom is 0.270 e. The van der Waals surface area contributed by atoms with E-state index in [9.17, 15) is 9.90 Å². The molecule has 0 unspecified atom stereocenters. The fraction of sp³-hybridized carbons (Fsp3) is 0.348. The van der Waals surface area contributed by atoms with Gasteiger partial charge in [-0.15, -0.1) is 0 Å². The van der Waals surface area contributed by atoms with Crippen LogP contribution in [0.15, 0.2) is 48.5 Å². The SMILES string of the molecule is Cc1cccc(CC2(O)CCN(C(=O)c3cc4ccc(C)cc4[nH]3)CC2)c1. The minimum atomic E-state index is -0.734. The number of nitrogens with one attached hydrogen (secondary N) is 1. The number of aliphatic hydroxyl groups is 1. The third-order valence-electron chi connectivity index (χ3n) is 5.61. The molecule has 2 heterocycles. The normalized spacial score (nSPS) is 16.6. The zero-order valence-corrected chi connectivity index (χ0v) is 16.0. The van der Waals surface area contributed by atoms with Gasteiger partial charge in [0.2, 0.25) is 0 Å². The summed E-state index contributed by atoms with van der Waals surface area (Å²) in [5, 5.41) is 12.0. The van der Waals surface area contributed by atoms with Gasteiger partial charge < -0.3 is 15.0 Å². The van der Waals surface area contributed by atoms with E-state index in [1.807, 2.05) is 30.0 Å². The summed E-state index contributed by atoms with van der Waals surface area (Å²) in [6.45, 7) is 5.27. The van der Waals surface area contributed by atoms with Gasteiger partial charge in [0.05, 0.1) is 5.60 Å². The van der Waals surface area contributed by atoms with Crippen LogP contribution >= 0.6 is 0 Å². The number of rotatable bonds is 3. The number of amides is 1. The molecule has 1 aliphatic rings. The van der Waals surface area contributed by atoms with Gasteiger partial charge in [-0.3, -0.25) is 4.79 Å². The molecule has 2 N–H and O–H groups in total. The predicted molar refractivity (Wildman–Crippen MR) is 108 cm³/mol. The van der Waals surface area contributed by atoms with Crippen molar-refractivity contribution in [2.24, 2.45) is 0 Å². The first kappa shape index (κ1) is 17.8. The standard InChI is InChI=1S/C23H26N2O2/c1-16-4-3-5-18(12-16)15-23(27)8-10-25(11-9-23)22(26)21-14-19-7-6-17(2)13-20(19)24-21/h3-7,12-14,24,27H,8-11,15H2,1-2H3. The maximum atomic E-state index is 12.9. The fourth-order valence-corrected chi connectivity index (χ4v) is 4.03. The molecule has 0 radical (unpaired) electrons. The molecule has 1 aromatic heterocycles. The number of fused-ring (bicyclic) bond motifs is 1. The molecular weight excluding hydrogens is 336 g/mol. The smallest absolute Gasteiger partial charge is 0.270 e. The first-order valence-electron chi connectivity index (χ1n) is 9.58. The van der Waals surface area contributed by atoms with Crippen LogP contribution in [0, 0.1) is 13.8 Å². The van der Waals surface area contributed by atoms with Crippen LogP contribution in [0.5, 0.6) is 0 Å². The average Bonchev–Trinajstić information content (AvgIpc) is 3.04. The van der Waals surface area contributed by atoms with E-state index in [1.54, 1.807) is 0 Å². The molecule has 1 amide bonds. The highest BCUT2D eigenvalue weighted by Gasteiger charge is 2.34. The predicted octanol–water partition coefficient (Wildman–Crippen LogP) is 3.99. The minimum Gasteiger partial charge on any atom is -0.389 e. The van der Waals surface area contributed by atoms with Crippen molar-refractivity contribution in [1.29, 1.82) is 0 Å². The summed E-state index contributed by atoms with van der Waals surface area (Å²) in [6, 6.07) is 16.4. The summed E-state index contributed by atoms with van der Waals surface area (Å²) in [7, 11) is 0. The van der Waals surface area contributed by atoms with Gasteiger partial charge in [0.1, 0.15) is 5.69 Å². The maximum absolute atomic E-state index is 12.9. The van der Waals surface area contributed by atoms with Crippen molar-refractivity contribution in [2.75, 3.05) is 13.1 Å². The molecule has 1 aliphatic heterocycles. The van der Waals surface area contributed by atoms with Gasteiger partial charge in [-0.2, -0.15) is 0 Å². The summed E-state index contributed by atoms with van der Waals surface area (Å²) in [4.78, 5) is 18.0. The van der Waals surface area contributed by atoms with Crippen LogP contribution in [-0.4, -0.2) is 39.6 Å². The van der Waals surface area contributed by atoms with Crippen molar-refractivity contribution in [2.45, 2.75) is 38.7 Å². The lowest BCUT2D eigenvalue weighted by Crippen LogP contribution is -2.47. The number of aromatic nitrogens is 1. The second-order valence-electron chi connectivity index (χ2n) is 7.96. The quantitative estimate of drug-likeness (QED) is 0.740. The van der Waals surface area contributed by atoms with E-state index < -0.39 is 5.60 Å². The number of carbonyl (C=O) groups excluding carboxylic acids is 1. The highest BCUT2D eigenvalue weighted by Crippen LogP contribution is 2.28. The van der Waals surface area contributed by atoms with Crippen LogP contribution in [0.1, 0.15) is 40.0 Å². The summed E-state index contributed by atoms with van der Waals surface area (Å²) in [5.74, 6) is 0.0152. The Labute approximate surface area is 159 Å². The molecule has 0 atom stereocenters. The summed E-state index contributed by atoms with van der Waals surface area (Å²) >= 11 is 0. The molecule has 4 rings (SSSR count). The number of aryl methyl sites for hydroxylation is 2. The number of likely N-dealkylation sites (tertiary alicyclic amines) is 1. The molecule has 3 aromatic rings. The molecular formula is C23H26N2O2. The van der Waals surface area contributed by atoms with E-state index in [-0.39, 0.29) is 5.91 Å². The van der Waals surface area contributed by atoms with Gasteiger partial charge in [-0.25, -0.2) is 0 Å². The monoisotopic (exact) mass is 362 g/mol. The van der Waals surface area contributed by atoms with Crippen LogP contribution in [0.2, 0.25) is 0 Å². The van der Waals surface area contributed by atoms with Gasteiger partial charge in [0.15, 0.2) is 0 Å². The fourth-order valence-electron chi connectivity index (χ4n) is 4.03. The van der Waals surface area contributed by atoms with Crippen molar-refractivity contribution in [3.63, 3.8) is 0 Å². The molecule has 140 valence electrons. The summed E-state index contributed by atoms with van der Waals surface area (Å²) in [6.07, 6.45) is 1.85. The second kappa shape index (κ2) is 6.86. The number of benzene rings is 2. The lowest BCUT2D eigenvalue weighted by Gasteiger charge is -2.38. The Kier molecular flexibility index (Phi) is 4.52. The van der Waals surface area contributed by atoms with Gasteiger partial charge in [-0.1, -0.05) is 42.0 Å². The van der Waals surface area contributed by atoms with Gasteiger partial charge in [0, 0.05) is 30.4 Å². The second-order valence-corrected chi connectivity index (χ2v) is 7.96. The molecule has 1 saturated heterocycles. The first-order chi connectivity index (χ1) is 12.9. The number of piperidine rings is 1. The van der Waals surface area contributed by atoms with E-state index in [4.69, 9.17) is 0 Å². The number of aromatic amines is 1. The largest absolute Gasteiger partial charge is 0.389 e. The van der Waals surface area contributed by atoms with Crippen molar-refractivity contribution in [3.8, 4) is 0 Å². The number of nitrogens with zero attached hydrogens (tertiary/aromatic N) is 1. The Balaban J connectivity index is 1.44. The third kappa shape index (κ3) is 3.76. The highest BCUT2D eigenvalue weighted by molar-refractivity contribution is 5.98. The summed E-state index contributed by atoms with van der Waals surface area (Å²) < 4.78 is 0. The average molecular weight is 362 g/mol. The number of hydrogen-bond acceptors (Lipinski definition) is 2. The van der Waals surface area contributed by atoms with Crippen LogP contribution in [-0.2, 0) is 6.42 Å². The van der Waals surface area contributed by atoms with Crippen molar-refractivity contribution in [3.05, 3.63) is 70.9 Å². The minimum absolute atomic E-state index is 0.0152. The van der Waals surface area contributed by atoms with Gasteiger partial charge >= 0.3 is 0 Å². The zero-order chi connectivity index (χ0) is 19.0. The lowest BCUT2D eigenvalue weighted by atomic mass is 9.85. The Bertz CT molecular complexity index is 981. The Morgan fingerprint density at radius 2 is 1.81 bits per heavy atom. The topological polar surface area (TPSA) is 56.3 Å². The molecule has 0 spiro atoms. The highest BCUT2D eigenvalue weighted by atomic mass is 16.3. The number of H-pyrrole nitrogens is 1. The Morgan fingerprint density at radius 3 is 2.56 bits per heavy atom. The van der Waals surface area contributed by atoms with Gasteiger partial charge in [-0.05, 0) is 49.9 Å². The van der Waals surface area contributed by atoms with Crippen molar-refractivity contribution in [1.82, 2.24) is 9.88 Å². The summed E-state index contributed by atoms with van der Waals surface area (Å²) in [5.41, 5.74) is 4.41. The van der Waals surface area contributed by atoms with E-state index in [0.717, 1.165) is 16.5 Å². The van der Waals surface area contributed by atoms with E-state index in [2.05, 4.69) is 42.2 Å². The Morgan fingerprint density at radius 1 is 1.07 bits per heavy atom. The van der Waals surface area contributed by atoms with Crippen LogP contribution < -0.4 is 0 Å². The molecule has 2 aromatic carbocycles. The van der Waals surface area contributed by atoms with Crippen molar-refractivity contribution < 1.29 is 9.90 Å². The Hall–Kier alpha value is -2.59. The number of hydrogen-bond donors (Lipinski definition) is 2. The molecule has 4 heteroatoms. The van der Waals surface area contributed by atoms with E-state index in [0.29, 0.717) is 38.0 Å².